The molecule has 286 valence electrons. The molecule has 12 nitrogen and oxygen atoms in total. The van der Waals surface area contributed by atoms with Crippen LogP contribution in [-0.4, -0.2) is 59.2 Å². The quantitative estimate of drug-likeness (QED) is 0.0392. The summed E-state index contributed by atoms with van der Waals surface area (Å²) in [7, 11) is 0. The van der Waals surface area contributed by atoms with Gasteiger partial charge in [-0.15, -0.1) is 0 Å². The van der Waals surface area contributed by atoms with E-state index in [0.717, 1.165) is 17.6 Å². The highest BCUT2D eigenvalue weighted by Gasteiger charge is 2.30. The zero-order valence-corrected chi connectivity index (χ0v) is 31.6. The van der Waals surface area contributed by atoms with Gasteiger partial charge in [0.15, 0.2) is 0 Å². The van der Waals surface area contributed by atoms with Crippen molar-refractivity contribution in [3.05, 3.63) is 82.4 Å². The number of esters is 4. The largest absolute Gasteiger partial charge is 0.481 e. The predicted octanol–water partition coefficient (Wildman–Crippen LogP) is 7.48. The van der Waals surface area contributed by atoms with Crippen LogP contribution < -0.4 is 0 Å². The van der Waals surface area contributed by atoms with Gasteiger partial charge >= 0.3 is 35.8 Å². The molecule has 0 bridgehead atoms. The van der Waals surface area contributed by atoms with Gasteiger partial charge in [0.05, 0.1) is 30.4 Å². The summed E-state index contributed by atoms with van der Waals surface area (Å²) in [6.07, 6.45) is 5.37. The summed E-state index contributed by atoms with van der Waals surface area (Å²) >= 11 is 0. The lowest BCUT2D eigenvalue weighted by Gasteiger charge is -2.23. The van der Waals surface area contributed by atoms with Gasteiger partial charge in [-0.1, -0.05) is 67.5 Å². The summed E-state index contributed by atoms with van der Waals surface area (Å²) < 4.78 is 21.0. The molecule has 0 spiro atoms. The van der Waals surface area contributed by atoms with Gasteiger partial charge in [-0.3, -0.25) is 24.0 Å². The van der Waals surface area contributed by atoms with Gasteiger partial charge in [-0.05, 0) is 78.4 Å². The van der Waals surface area contributed by atoms with Crippen LogP contribution in [0.1, 0.15) is 99.8 Å². The first-order valence-corrected chi connectivity index (χ1v) is 17.2. The third-order valence-corrected chi connectivity index (χ3v) is 8.33. The van der Waals surface area contributed by atoms with Crippen molar-refractivity contribution in [2.75, 3.05) is 13.2 Å². The number of carbonyl (C=O) groups is 6. The topological polar surface area (TPSA) is 180 Å². The number of hydrogen-bond donors (Lipinski definition) is 2. The summed E-state index contributed by atoms with van der Waals surface area (Å²) in [5.41, 5.74) is 3.88. The third-order valence-electron chi connectivity index (χ3n) is 8.33. The second-order valence-electron chi connectivity index (χ2n) is 13.2. The average molecular weight is 727 g/mol. The maximum absolute atomic E-state index is 13.3. The Morgan fingerprint density at radius 3 is 2.06 bits per heavy atom. The van der Waals surface area contributed by atoms with Crippen molar-refractivity contribution >= 4 is 35.8 Å². The van der Waals surface area contributed by atoms with E-state index in [1.165, 1.54) is 13.8 Å². The van der Waals surface area contributed by atoms with Crippen LogP contribution in [0.2, 0.25) is 0 Å². The first-order chi connectivity index (χ1) is 24.3. The number of hydrogen-bond acceptors (Lipinski definition) is 10. The fourth-order valence-corrected chi connectivity index (χ4v) is 5.53. The number of aliphatic carboxylic acids is 2. The molecule has 1 aliphatic rings. The minimum Gasteiger partial charge on any atom is -0.481 e. The molecule has 0 aromatic heterocycles. The summed E-state index contributed by atoms with van der Waals surface area (Å²) in [5.74, 6) is -7.32. The highest BCUT2D eigenvalue weighted by Crippen LogP contribution is 2.34. The van der Waals surface area contributed by atoms with Gasteiger partial charge in [0.2, 0.25) is 0 Å². The smallest absolute Gasteiger partial charge is 0.333 e. The van der Waals surface area contributed by atoms with Crippen LogP contribution in [0.3, 0.4) is 0 Å². The predicted molar refractivity (Wildman–Crippen MR) is 194 cm³/mol. The van der Waals surface area contributed by atoms with Gasteiger partial charge in [-0.2, -0.15) is 0 Å². The molecule has 52 heavy (non-hydrogen) atoms. The van der Waals surface area contributed by atoms with E-state index in [0.29, 0.717) is 35.1 Å². The van der Waals surface area contributed by atoms with Gasteiger partial charge in [-0.25, -0.2) is 4.79 Å². The summed E-state index contributed by atoms with van der Waals surface area (Å²) in [4.78, 5) is 74.1. The van der Waals surface area contributed by atoms with Crippen LogP contribution in [0.5, 0.6) is 0 Å². The van der Waals surface area contributed by atoms with Crippen LogP contribution in [0.15, 0.2) is 82.4 Å². The second kappa shape index (κ2) is 22.0. The van der Waals surface area contributed by atoms with Crippen molar-refractivity contribution < 1.29 is 57.9 Å². The first-order valence-electron chi connectivity index (χ1n) is 17.2. The molecular weight excluding hydrogens is 672 g/mol. The molecule has 1 aliphatic carbocycles. The highest BCUT2D eigenvalue weighted by molar-refractivity contribution is 5.87. The highest BCUT2D eigenvalue weighted by atomic mass is 16.6. The SMILES string of the molecule is C=C(C)OC(=O)CCOC(=O)C(CC/C(=C\C1=C(\C)C/C(OC(=O)CCOC(=O)C(=C)C)=C(/C)C(C(=O)O)C(C)=C1)CCC)CC(C(=C)C)C(=O)O. The van der Waals surface area contributed by atoms with Crippen LogP contribution in [0.25, 0.3) is 0 Å². The molecule has 3 unspecified atom stereocenters. The normalized spacial score (nSPS) is 18.8. The zero-order chi connectivity index (χ0) is 39.7. The van der Waals surface area contributed by atoms with E-state index in [9.17, 15) is 39.0 Å². The Hall–Kier alpha value is -5.00. The Morgan fingerprint density at radius 2 is 1.52 bits per heavy atom. The standard InChI is InChI=1S/C40H54O12/c1-11-12-29(13-14-30(22-32(23(2)3)37(43)44)40(48)50-18-15-34(41)51-25(6)7)21-31-19-27(9)36(38(45)46)28(10)33(20-26(31)8)52-35(42)16-17-49-39(47)24(4)5/h19,21,30,32,36H,2,4,6,11-18,20,22H2,1,3,5,7-10H3,(H,43,44)(H,45,46)/b27-19?,29-21-,31-26-,33-28+. The second-order valence-corrected chi connectivity index (χ2v) is 13.2. The minimum absolute atomic E-state index is 0.0503. The number of carboxylic acids is 2. The molecule has 0 radical (unpaired) electrons. The fraction of sp³-hybridized carbons (Fsp3) is 0.500. The average Bonchev–Trinajstić information content (AvgIpc) is 3.02. The van der Waals surface area contributed by atoms with E-state index in [1.54, 1.807) is 26.8 Å². The first kappa shape index (κ1) is 45.0. The van der Waals surface area contributed by atoms with Gasteiger partial charge in [0.25, 0.3) is 0 Å². The molecule has 12 heteroatoms. The molecule has 0 fully saturated rings. The molecule has 0 saturated carbocycles. The monoisotopic (exact) mass is 726 g/mol. The maximum atomic E-state index is 13.3. The van der Waals surface area contributed by atoms with Gasteiger partial charge in [0.1, 0.15) is 24.9 Å². The Balaban J connectivity index is 3.43. The maximum Gasteiger partial charge on any atom is 0.333 e. The number of ether oxygens (including phenoxy) is 4. The number of rotatable bonds is 21. The van der Waals surface area contributed by atoms with Crippen molar-refractivity contribution in [3.63, 3.8) is 0 Å². The Labute approximate surface area is 306 Å². The summed E-state index contributed by atoms with van der Waals surface area (Å²) in [6.45, 7) is 22.0. The van der Waals surface area contributed by atoms with E-state index in [4.69, 9.17) is 18.9 Å². The zero-order valence-electron chi connectivity index (χ0n) is 31.6. The molecule has 0 aromatic carbocycles. The molecule has 0 aromatic rings. The molecule has 2 N–H and O–H groups in total. The molecule has 1 rings (SSSR count). The van der Waals surface area contributed by atoms with E-state index in [-0.39, 0.29) is 62.4 Å². The van der Waals surface area contributed by atoms with Crippen molar-refractivity contribution in [3.8, 4) is 0 Å². The third kappa shape index (κ3) is 15.5. The van der Waals surface area contributed by atoms with E-state index >= 15 is 0 Å². The summed E-state index contributed by atoms with van der Waals surface area (Å²) in [5, 5.41) is 20.0. The van der Waals surface area contributed by atoms with Crippen LogP contribution in [0, 0.1) is 17.8 Å². The van der Waals surface area contributed by atoms with Crippen LogP contribution in [-0.2, 0) is 47.7 Å². The van der Waals surface area contributed by atoms with Gasteiger partial charge in [0, 0.05) is 12.0 Å². The Kier molecular flexibility index (Phi) is 19.1. The lowest BCUT2D eigenvalue weighted by Crippen LogP contribution is -2.26. The lowest BCUT2D eigenvalue weighted by molar-refractivity contribution is -0.152. The molecule has 0 amide bonds. The van der Waals surface area contributed by atoms with Crippen molar-refractivity contribution in [2.24, 2.45) is 17.8 Å². The number of carboxylic acid groups (broad SMARTS) is 2. The van der Waals surface area contributed by atoms with E-state index in [2.05, 4.69) is 19.7 Å². The molecular formula is C40H54O12. The van der Waals surface area contributed by atoms with Crippen molar-refractivity contribution in [2.45, 2.75) is 99.8 Å². The molecule has 0 aliphatic heterocycles. The van der Waals surface area contributed by atoms with E-state index in [1.807, 2.05) is 19.9 Å². The van der Waals surface area contributed by atoms with Gasteiger partial charge < -0.3 is 29.2 Å². The van der Waals surface area contributed by atoms with Crippen LogP contribution >= 0.6 is 0 Å². The fourth-order valence-electron chi connectivity index (χ4n) is 5.53. The van der Waals surface area contributed by atoms with Crippen molar-refractivity contribution in [1.29, 1.82) is 0 Å². The summed E-state index contributed by atoms with van der Waals surface area (Å²) in [6, 6.07) is 0. The van der Waals surface area contributed by atoms with E-state index < -0.39 is 53.6 Å². The van der Waals surface area contributed by atoms with Crippen molar-refractivity contribution in [1.82, 2.24) is 0 Å². The molecule has 0 saturated heterocycles. The number of allylic oxidation sites excluding steroid dienone is 6. The molecule has 0 heterocycles. The van der Waals surface area contributed by atoms with Crippen LogP contribution in [0.4, 0.5) is 0 Å². The minimum atomic E-state index is -1.12. The molecule has 3 atom stereocenters. The Bertz CT molecular complexity index is 1540. The number of carbonyl (C=O) groups excluding carboxylic acids is 4. The Morgan fingerprint density at radius 1 is 0.904 bits per heavy atom. The lowest BCUT2D eigenvalue weighted by atomic mass is 9.84.